The van der Waals surface area contributed by atoms with Gasteiger partial charge in [0.05, 0.1) is 0 Å². The Balaban J connectivity index is 0. The fraction of sp³-hybridized carbons (Fsp3) is 0.889. The van der Waals surface area contributed by atoms with Crippen LogP contribution in [0, 0.1) is 0 Å². The minimum Gasteiger partial charge on any atom is -0.481 e. The zero-order valence-electron chi connectivity index (χ0n) is 8.36. The van der Waals surface area contributed by atoms with Crippen molar-refractivity contribution in [2.75, 3.05) is 0 Å². The van der Waals surface area contributed by atoms with Crippen molar-refractivity contribution in [3.63, 3.8) is 0 Å². The van der Waals surface area contributed by atoms with E-state index < -0.39 is 12.3 Å². The van der Waals surface area contributed by atoms with Gasteiger partial charge in [0.1, 0.15) is 0 Å². The highest BCUT2D eigenvalue weighted by Crippen LogP contribution is 1.95. The summed E-state index contributed by atoms with van der Waals surface area (Å²) >= 11 is 0. The molecule has 0 aromatic heterocycles. The minimum atomic E-state index is -1.10. The third-order valence-corrected chi connectivity index (χ3v) is 1.28. The lowest BCUT2D eigenvalue weighted by Crippen LogP contribution is -2.02. The molecule has 4 heteroatoms. The van der Waals surface area contributed by atoms with Gasteiger partial charge in [0.15, 0.2) is 6.29 Å². The number of rotatable bonds is 5. The van der Waals surface area contributed by atoms with Gasteiger partial charge in [-0.15, -0.1) is 0 Å². The summed E-state index contributed by atoms with van der Waals surface area (Å²) in [6.45, 7) is 3.86. The van der Waals surface area contributed by atoms with E-state index in [-0.39, 0.29) is 0 Å². The molecule has 13 heavy (non-hydrogen) atoms. The second-order valence-electron chi connectivity index (χ2n) is 2.77. The first kappa shape index (κ1) is 14.9. The molecule has 0 aromatic carbocycles. The summed E-state index contributed by atoms with van der Waals surface area (Å²) in [5, 5.41) is 24.4. The topological polar surface area (TPSA) is 77.8 Å². The number of unbranched alkanes of at least 4 members (excludes halogenated alkanes) is 1. The molecule has 0 fully saturated rings. The predicted molar refractivity (Wildman–Crippen MR) is 50.3 cm³/mol. The van der Waals surface area contributed by atoms with Crippen molar-refractivity contribution in [3.05, 3.63) is 0 Å². The second-order valence-corrected chi connectivity index (χ2v) is 2.77. The molecule has 0 atom stereocenters. The lowest BCUT2D eigenvalue weighted by Gasteiger charge is -1.97. The number of aliphatic hydroxyl groups excluding tert-OH is 1. The molecule has 0 saturated heterocycles. The second kappa shape index (κ2) is 11.4. The Labute approximate surface area is 79.2 Å². The zero-order valence-corrected chi connectivity index (χ0v) is 8.36. The van der Waals surface area contributed by atoms with Crippen LogP contribution < -0.4 is 0 Å². The van der Waals surface area contributed by atoms with Gasteiger partial charge >= 0.3 is 5.97 Å². The normalized spacial score (nSPS) is 9.31. The van der Waals surface area contributed by atoms with E-state index in [1.807, 2.05) is 13.8 Å². The van der Waals surface area contributed by atoms with Crippen LogP contribution in [0.25, 0.3) is 0 Å². The van der Waals surface area contributed by atoms with Gasteiger partial charge in [-0.3, -0.25) is 4.79 Å². The molecular formula is C9H20O4. The fourth-order valence-corrected chi connectivity index (χ4v) is 0.601. The van der Waals surface area contributed by atoms with Gasteiger partial charge in [-0.25, -0.2) is 0 Å². The zero-order chi connectivity index (χ0) is 10.7. The van der Waals surface area contributed by atoms with E-state index >= 15 is 0 Å². The van der Waals surface area contributed by atoms with Crippen LogP contribution in [0.15, 0.2) is 0 Å². The Bertz CT molecular complexity index is 112. The van der Waals surface area contributed by atoms with Crippen molar-refractivity contribution < 1.29 is 20.1 Å². The number of carboxylic acid groups (broad SMARTS) is 1. The molecule has 3 N–H and O–H groups in total. The Hall–Kier alpha value is -0.610. The maximum Gasteiger partial charge on any atom is 0.303 e. The molecule has 4 nitrogen and oxygen atoms in total. The molecular weight excluding hydrogens is 172 g/mol. The molecule has 0 aliphatic heterocycles. The summed E-state index contributed by atoms with van der Waals surface area (Å²) in [4.78, 5) is 9.60. The molecule has 0 amide bonds. The third-order valence-electron chi connectivity index (χ3n) is 1.28. The summed E-state index contributed by atoms with van der Waals surface area (Å²) in [5.74, 6) is -0.711. The monoisotopic (exact) mass is 192 g/mol. The number of aliphatic hydroxyl groups is 2. The van der Waals surface area contributed by atoms with E-state index in [1.165, 1.54) is 0 Å². The summed E-state index contributed by atoms with van der Waals surface area (Å²) in [6, 6.07) is 0. The van der Waals surface area contributed by atoms with Gasteiger partial charge in [-0.1, -0.05) is 20.3 Å². The molecule has 0 radical (unpaired) electrons. The number of carboxylic acids is 1. The largest absolute Gasteiger partial charge is 0.481 e. The fourth-order valence-electron chi connectivity index (χ4n) is 0.601. The van der Waals surface area contributed by atoms with Crippen molar-refractivity contribution in [2.45, 2.75) is 52.2 Å². The lowest BCUT2D eigenvalue weighted by molar-refractivity contribution is -0.137. The first-order chi connectivity index (χ1) is 6.04. The summed E-state index contributed by atoms with van der Waals surface area (Å²) < 4.78 is 0. The van der Waals surface area contributed by atoms with Gasteiger partial charge in [0, 0.05) is 6.42 Å². The number of aliphatic carboxylic acids is 1. The minimum absolute atomic E-state index is 0.292. The average Bonchev–Trinajstić information content (AvgIpc) is 2.01. The quantitative estimate of drug-likeness (QED) is 0.575. The van der Waals surface area contributed by atoms with Crippen molar-refractivity contribution in [2.24, 2.45) is 0 Å². The van der Waals surface area contributed by atoms with Crippen molar-refractivity contribution >= 4 is 5.97 Å². The number of carbonyl (C=O) groups is 1. The Morgan fingerprint density at radius 2 is 1.77 bits per heavy atom. The van der Waals surface area contributed by atoms with E-state index in [4.69, 9.17) is 15.3 Å². The van der Waals surface area contributed by atoms with E-state index in [0.717, 1.165) is 19.3 Å². The third kappa shape index (κ3) is 24.6. The maximum atomic E-state index is 9.60. The van der Waals surface area contributed by atoms with Gasteiger partial charge < -0.3 is 15.3 Å². The van der Waals surface area contributed by atoms with Crippen LogP contribution >= 0.6 is 0 Å². The van der Waals surface area contributed by atoms with E-state index in [1.54, 1.807) is 0 Å². The van der Waals surface area contributed by atoms with E-state index in [0.29, 0.717) is 12.8 Å². The van der Waals surface area contributed by atoms with Crippen LogP contribution in [0.1, 0.15) is 46.0 Å². The number of hydrogen-bond donors (Lipinski definition) is 3. The molecule has 0 saturated carbocycles. The molecule has 80 valence electrons. The molecule has 0 spiro atoms. The Kier molecular flexibility index (Phi) is 13.0. The molecule has 0 aliphatic rings. The Morgan fingerprint density at radius 1 is 1.23 bits per heavy atom. The van der Waals surface area contributed by atoms with Crippen LogP contribution in [-0.2, 0) is 4.79 Å². The smallest absolute Gasteiger partial charge is 0.303 e. The summed E-state index contributed by atoms with van der Waals surface area (Å²) in [5.41, 5.74) is 0. The molecule has 0 aliphatic carbocycles. The molecule has 0 unspecified atom stereocenters. The highest BCUT2D eigenvalue weighted by Gasteiger charge is 1.92. The van der Waals surface area contributed by atoms with Crippen LogP contribution in [0.2, 0.25) is 0 Å². The lowest BCUT2D eigenvalue weighted by atomic mass is 10.2. The molecule has 0 rings (SSSR count). The van der Waals surface area contributed by atoms with Crippen LogP contribution in [0.4, 0.5) is 0 Å². The van der Waals surface area contributed by atoms with Crippen LogP contribution in [0.3, 0.4) is 0 Å². The van der Waals surface area contributed by atoms with Crippen LogP contribution in [-0.4, -0.2) is 27.6 Å². The van der Waals surface area contributed by atoms with Crippen LogP contribution in [0.5, 0.6) is 0 Å². The first-order valence-electron chi connectivity index (χ1n) is 4.62. The summed E-state index contributed by atoms with van der Waals surface area (Å²) in [6.07, 6.45) is 2.36. The van der Waals surface area contributed by atoms with E-state index in [9.17, 15) is 4.79 Å². The SMILES string of the molecule is CCCC(=O)O.CCCCC(O)O. The molecule has 0 heterocycles. The van der Waals surface area contributed by atoms with Crippen molar-refractivity contribution in [3.8, 4) is 0 Å². The first-order valence-corrected chi connectivity index (χ1v) is 4.62. The average molecular weight is 192 g/mol. The predicted octanol–water partition coefficient (Wildman–Crippen LogP) is 1.36. The van der Waals surface area contributed by atoms with Gasteiger partial charge in [0.2, 0.25) is 0 Å². The highest BCUT2D eigenvalue weighted by atomic mass is 16.5. The van der Waals surface area contributed by atoms with E-state index in [2.05, 4.69) is 0 Å². The van der Waals surface area contributed by atoms with Crippen molar-refractivity contribution in [1.82, 2.24) is 0 Å². The highest BCUT2D eigenvalue weighted by molar-refractivity contribution is 5.66. The van der Waals surface area contributed by atoms with Gasteiger partial charge in [-0.05, 0) is 19.3 Å². The Morgan fingerprint density at radius 3 is 1.85 bits per heavy atom. The molecule has 0 bridgehead atoms. The number of hydrogen-bond acceptors (Lipinski definition) is 3. The summed E-state index contributed by atoms with van der Waals surface area (Å²) in [7, 11) is 0. The van der Waals surface area contributed by atoms with Gasteiger partial charge in [0.25, 0.3) is 0 Å². The van der Waals surface area contributed by atoms with Crippen molar-refractivity contribution in [1.29, 1.82) is 0 Å². The van der Waals surface area contributed by atoms with Gasteiger partial charge in [-0.2, -0.15) is 0 Å². The molecule has 0 aromatic rings. The standard InChI is InChI=1S/C5H12O2.C4H8O2/c1-2-3-4-5(6)7;1-2-3-4(5)6/h5-7H,2-4H2,1H3;2-3H2,1H3,(H,5,6). The maximum absolute atomic E-state index is 9.60.